The highest BCUT2D eigenvalue weighted by molar-refractivity contribution is 5.58. The highest BCUT2D eigenvalue weighted by Crippen LogP contribution is 2.18. The van der Waals surface area contributed by atoms with Crippen molar-refractivity contribution in [2.24, 2.45) is 0 Å². The molecule has 0 saturated carbocycles. The van der Waals surface area contributed by atoms with Crippen molar-refractivity contribution in [3.63, 3.8) is 0 Å². The molecule has 0 unspecified atom stereocenters. The number of nitrogens with zero attached hydrogens (tertiary/aromatic N) is 2. The topological polar surface area (TPSA) is 35.0 Å². The minimum atomic E-state index is -0.294. The van der Waals surface area contributed by atoms with E-state index in [1.165, 1.54) is 25.4 Å². The fourth-order valence-electron chi connectivity index (χ4n) is 1.23. The summed E-state index contributed by atoms with van der Waals surface area (Å²) in [5, 5.41) is 0. The first-order valence-corrected chi connectivity index (χ1v) is 4.41. The first kappa shape index (κ1) is 9.58. The van der Waals surface area contributed by atoms with Crippen LogP contribution in [0.25, 0.3) is 11.3 Å². The second-order valence-electron chi connectivity index (χ2n) is 2.96. The van der Waals surface area contributed by atoms with Crippen LogP contribution in [-0.4, -0.2) is 17.1 Å². The molecule has 3 nitrogen and oxygen atoms in total. The normalized spacial score (nSPS) is 10.0. The molecule has 1 aromatic heterocycles. The monoisotopic (exact) mass is 204 g/mol. The minimum absolute atomic E-state index is 0.294. The average Bonchev–Trinajstić information content (AvgIpc) is 2.29. The smallest absolute Gasteiger partial charge is 0.232 e. The number of hydrogen-bond acceptors (Lipinski definition) is 3. The molecule has 0 saturated heterocycles. The van der Waals surface area contributed by atoms with Gasteiger partial charge in [-0.2, -0.15) is 0 Å². The molecule has 1 heterocycles. The molecule has 0 fully saturated rings. The number of hydrogen-bond donors (Lipinski definition) is 0. The van der Waals surface area contributed by atoms with E-state index in [-0.39, 0.29) is 5.82 Å². The van der Waals surface area contributed by atoms with Crippen molar-refractivity contribution >= 4 is 0 Å². The molecule has 0 aliphatic heterocycles. The maximum atomic E-state index is 13.0. The SMILES string of the molecule is COc1cncc(-c2cccc(F)c2)n1. The van der Waals surface area contributed by atoms with Crippen LogP contribution in [0.3, 0.4) is 0 Å². The van der Waals surface area contributed by atoms with Crippen molar-refractivity contribution in [2.45, 2.75) is 0 Å². The molecule has 76 valence electrons. The van der Waals surface area contributed by atoms with E-state index in [1.54, 1.807) is 18.3 Å². The fourth-order valence-corrected chi connectivity index (χ4v) is 1.23. The van der Waals surface area contributed by atoms with Gasteiger partial charge in [0.15, 0.2) is 0 Å². The van der Waals surface area contributed by atoms with Crippen molar-refractivity contribution in [1.29, 1.82) is 0 Å². The van der Waals surface area contributed by atoms with Gasteiger partial charge in [0.2, 0.25) is 5.88 Å². The van der Waals surface area contributed by atoms with Gasteiger partial charge in [0, 0.05) is 5.56 Å². The highest BCUT2D eigenvalue weighted by atomic mass is 19.1. The van der Waals surface area contributed by atoms with Crippen LogP contribution in [-0.2, 0) is 0 Å². The number of benzene rings is 1. The summed E-state index contributed by atoms with van der Waals surface area (Å²) >= 11 is 0. The summed E-state index contributed by atoms with van der Waals surface area (Å²) in [7, 11) is 1.51. The van der Waals surface area contributed by atoms with E-state index in [2.05, 4.69) is 9.97 Å². The standard InChI is InChI=1S/C11H9FN2O/c1-15-11-7-13-6-10(14-11)8-3-2-4-9(12)5-8/h2-7H,1H3. The molecule has 0 amide bonds. The van der Waals surface area contributed by atoms with Gasteiger partial charge in [-0.05, 0) is 12.1 Å². The highest BCUT2D eigenvalue weighted by Gasteiger charge is 2.02. The molecular weight excluding hydrogens is 195 g/mol. The number of rotatable bonds is 2. The average molecular weight is 204 g/mol. The third kappa shape index (κ3) is 2.10. The molecule has 0 aliphatic carbocycles. The molecule has 0 atom stereocenters. The van der Waals surface area contributed by atoms with E-state index < -0.39 is 0 Å². The number of methoxy groups -OCH3 is 1. The Morgan fingerprint density at radius 1 is 1.27 bits per heavy atom. The van der Waals surface area contributed by atoms with E-state index in [4.69, 9.17) is 4.74 Å². The van der Waals surface area contributed by atoms with Gasteiger partial charge in [-0.1, -0.05) is 12.1 Å². The predicted octanol–water partition coefficient (Wildman–Crippen LogP) is 2.29. The predicted molar refractivity (Wildman–Crippen MR) is 54.0 cm³/mol. The van der Waals surface area contributed by atoms with Gasteiger partial charge in [0.1, 0.15) is 5.82 Å². The molecule has 15 heavy (non-hydrogen) atoms. The lowest BCUT2D eigenvalue weighted by atomic mass is 10.1. The zero-order valence-electron chi connectivity index (χ0n) is 8.14. The Balaban J connectivity index is 2.44. The largest absolute Gasteiger partial charge is 0.480 e. The Labute approximate surface area is 86.6 Å². The molecule has 2 rings (SSSR count). The number of ether oxygens (including phenoxy) is 1. The number of halogens is 1. The van der Waals surface area contributed by atoms with Crippen LogP contribution in [0.4, 0.5) is 4.39 Å². The van der Waals surface area contributed by atoms with E-state index in [1.807, 2.05) is 0 Å². The summed E-state index contributed by atoms with van der Waals surface area (Å²) in [6, 6.07) is 6.19. The van der Waals surface area contributed by atoms with Crippen LogP contribution in [0.5, 0.6) is 5.88 Å². The zero-order valence-corrected chi connectivity index (χ0v) is 8.14. The Kier molecular flexibility index (Phi) is 2.58. The molecular formula is C11H9FN2O. The Morgan fingerprint density at radius 2 is 2.13 bits per heavy atom. The quantitative estimate of drug-likeness (QED) is 0.752. The lowest BCUT2D eigenvalue weighted by molar-refractivity contribution is 0.396. The zero-order chi connectivity index (χ0) is 10.7. The van der Waals surface area contributed by atoms with Crippen LogP contribution >= 0.6 is 0 Å². The van der Waals surface area contributed by atoms with Gasteiger partial charge >= 0.3 is 0 Å². The van der Waals surface area contributed by atoms with Crippen molar-refractivity contribution in [2.75, 3.05) is 7.11 Å². The maximum Gasteiger partial charge on any atom is 0.232 e. The molecule has 0 spiro atoms. The third-order valence-corrected chi connectivity index (χ3v) is 1.94. The molecule has 0 aliphatic rings. The first-order valence-electron chi connectivity index (χ1n) is 4.41. The van der Waals surface area contributed by atoms with E-state index in [9.17, 15) is 4.39 Å². The van der Waals surface area contributed by atoms with Crippen molar-refractivity contribution in [1.82, 2.24) is 9.97 Å². The van der Waals surface area contributed by atoms with Gasteiger partial charge in [-0.25, -0.2) is 9.37 Å². The van der Waals surface area contributed by atoms with E-state index in [0.717, 1.165) is 0 Å². The molecule has 0 bridgehead atoms. The lowest BCUT2D eigenvalue weighted by Crippen LogP contribution is -1.91. The van der Waals surface area contributed by atoms with E-state index >= 15 is 0 Å². The molecule has 0 N–H and O–H groups in total. The van der Waals surface area contributed by atoms with Gasteiger partial charge < -0.3 is 4.74 Å². The summed E-state index contributed by atoms with van der Waals surface area (Å²) < 4.78 is 17.9. The third-order valence-electron chi connectivity index (χ3n) is 1.94. The van der Waals surface area contributed by atoms with Gasteiger partial charge in [-0.3, -0.25) is 4.98 Å². The van der Waals surface area contributed by atoms with Crippen LogP contribution in [0.1, 0.15) is 0 Å². The second-order valence-corrected chi connectivity index (χ2v) is 2.96. The number of aromatic nitrogens is 2. The van der Waals surface area contributed by atoms with Crippen LogP contribution in [0.15, 0.2) is 36.7 Å². The maximum absolute atomic E-state index is 13.0. The van der Waals surface area contributed by atoms with Gasteiger partial charge in [-0.15, -0.1) is 0 Å². The molecule has 0 radical (unpaired) electrons. The van der Waals surface area contributed by atoms with Gasteiger partial charge in [0.25, 0.3) is 0 Å². The summed E-state index contributed by atoms with van der Waals surface area (Å²) in [6.45, 7) is 0. The van der Waals surface area contributed by atoms with Gasteiger partial charge in [0.05, 0.1) is 25.2 Å². The van der Waals surface area contributed by atoms with Crippen molar-refractivity contribution in [3.8, 4) is 17.1 Å². The van der Waals surface area contributed by atoms with Crippen molar-refractivity contribution < 1.29 is 9.13 Å². The Bertz CT molecular complexity index is 474. The lowest BCUT2D eigenvalue weighted by Gasteiger charge is -2.02. The van der Waals surface area contributed by atoms with Crippen LogP contribution < -0.4 is 4.74 Å². The Morgan fingerprint density at radius 3 is 2.87 bits per heavy atom. The summed E-state index contributed by atoms with van der Waals surface area (Å²) in [5.74, 6) is 0.119. The van der Waals surface area contributed by atoms with E-state index in [0.29, 0.717) is 17.1 Å². The van der Waals surface area contributed by atoms with Crippen molar-refractivity contribution in [3.05, 3.63) is 42.5 Å². The Hall–Kier alpha value is -1.97. The summed E-state index contributed by atoms with van der Waals surface area (Å²) in [6.07, 6.45) is 3.07. The van der Waals surface area contributed by atoms with Crippen LogP contribution in [0.2, 0.25) is 0 Å². The second kappa shape index (κ2) is 4.04. The fraction of sp³-hybridized carbons (Fsp3) is 0.0909. The first-order chi connectivity index (χ1) is 7.29. The minimum Gasteiger partial charge on any atom is -0.480 e. The summed E-state index contributed by atoms with van der Waals surface area (Å²) in [5.41, 5.74) is 1.27. The molecule has 2 aromatic rings. The molecule has 1 aromatic carbocycles. The molecule has 4 heteroatoms. The van der Waals surface area contributed by atoms with Crippen LogP contribution in [0, 0.1) is 5.82 Å². The summed E-state index contributed by atoms with van der Waals surface area (Å²) in [4.78, 5) is 8.10.